The quantitative estimate of drug-likeness (QED) is 0.624. The fourth-order valence-electron chi connectivity index (χ4n) is 1.80. The highest BCUT2D eigenvalue weighted by molar-refractivity contribution is 7.07. The standard InChI is InChI=1S/C8H11N.C6H10N2.C6H9NS/c1-7(2)8-5-3-4-6-9-8;1-5(2)6-3-7-8-4-6;1-5(2)6-3-8-4-7-6/h3-7H,1-2H3;3-5H,1-2H3,(H,7,8);3-5H,1-2H3. The lowest BCUT2D eigenvalue weighted by atomic mass is 10.1. The Bertz CT molecular complexity index is 606. The fourth-order valence-corrected chi connectivity index (χ4v) is 2.52. The molecule has 0 saturated carbocycles. The molecule has 4 nitrogen and oxygen atoms in total. The third kappa shape index (κ3) is 8.59. The van der Waals surface area contributed by atoms with E-state index >= 15 is 0 Å². The summed E-state index contributed by atoms with van der Waals surface area (Å²) in [7, 11) is 0. The Morgan fingerprint density at radius 1 is 0.880 bits per heavy atom. The van der Waals surface area contributed by atoms with Crippen molar-refractivity contribution in [2.24, 2.45) is 0 Å². The number of pyridine rings is 1. The molecular formula is C20H30N4S. The first-order chi connectivity index (χ1) is 11.9. The smallest absolute Gasteiger partial charge is 0.0794 e. The Morgan fingerprint density at radius 2 is 1.60 bits per heavy atom. The zero-order valence-electron chi connectivity index (χ0n) is 16.1. The molecule has 0 bridgehead atoms. The van der Waals surface area contributed by atoms with Crippen LogP contribution in [-0.2, 0) is 0 Å². The lowest BCUT2D eigenvalue weighted by Gasteiger charge is -2.00. The molecule has 0 atom stereocenters. The van der Waals surface area contributed by atoms with E-state index in [9.17, 15) is 0 Å². The van der Waals surface area contributed by atoms with Gasteiger partial charge in [0.05, 0.1) is 17.4 Å². The SMILES string of the molecule is CC(C)c1ccccn1.CC(C)c1cn[nH]c1.CC(C)c1cscn1. The molecule has 0 unspecified atom stereocenters. The Balaban J connectivity index is 0.000000188. The van der Waals surface area contributed by atoms with E-state index in [1.165, 1.54) is 11.3 Å². The third-order valence-corrected chi connectivity index (χ3v) is 4.11. The first-order valence-electron chi connectivity index (χ1n) is 8.69. The van der Waals surface area contributed by atoms with Crippen LogP contribution in [-0.4, -0.2) is 20.2 Å². The molecule has 0 saturated heterocycles. The molecule has 0 fully saturated rings. The van der Waals surface area contributed by atoms with Crippen molar-refractivity contribution < 1.29 is 0 Å². The lowest BCUT2D eigenvalue weighted by Crippen LogP contribution is -1.88. The van der Waals surface area contributed by atoms with Gasteiger partial charge in [0.15, 0.2) is 0 Å². The molecule has 3 aromatic rings. The van der Waals surface area contributed by atoms with E-state index in [4.69, 9.17) is 0 Å². The van der Waals surface area contributed by atoms with Crippen LogP contribution in [0, 0.1) is 0 Å². The highest BCUT2D eigenvalue weighted by Gasteiger charge is 1.97. The summed E-state index contributed by atoms with van der Waals surface area (Å²) in [5.41, 5.74) is 5.51. The number of nitrogens with zero attached hydrogens (tertiary/aromatic N) is 3. The van der Waals surface area contributed by atoms with Gasteiger partial charge in [-0.1, -0.05) is 47.6 Å². The fraction of sp³-hybridized carbons (Fsp3) is 0.450. The molecular weight excluding hydrogens is 328 g/mol. The number of hydrogen-bond acceptors (Lipinski definition) is 4. The zero-order valence-corrected chi connectivity index (χ0v) is 16.9. The number of aromatic nitrogens is 4. The molecule has 0 aliphatic carbocycles. The van der Waals surface area contributed by atoms with Crippen LogP contribution in [0.1, 0.15) is 76.2 Å². The largest absolute Gasteiger partial charge is 0.285 e. The van der Waals surface area contributed by atoms with Crippen molar-refractivity contribution in [2.45, 2.75) is 59.3 Å². The van der Waals surface area contributed by atoms with E-state index in [2.05, 4.69) is 67.1 Å². The molecule has 0 radical (unpaired) electrons. The van der Waals surface area contributed by atoms with Crippen LogP contribution in [0.15, 0.2) is 47.7 Å². The molecule has 25 heavy (non-hydrogen) atoms. The van der Waals surface area contributed by atoms with Gasteiger partial charge in [-0.25, -0.2) is 4.98 Å². The summed E-state index contributed by atoms with van der Waals surface area (Å²) in [5, 5.41) is 8.67. The van der Waals surface area contributed by atoms with Gasteiger partial charge in [-0.3, -0.25) is 10.1 Å². The maximum Gasteiger partial charge on any atom is 0.0794 e. The molecule has 5 heteroatoms. The minimum absolute atomic E-state index is 0.547. The van der Waals surface area contributed by atoms with E-state index in [1.54, 1.807) is 11.3 Å². The van der Waals surface area contributed by atoms with Gasteiger partial charge in [0.25, 0.3) is 0 Å². The van der Waals surface area contributed by atoms with Crippen LogP contribution < -0.4 is 0 Å². The average Bonchev–Trinajstić information content (AvgIpc) is 3.30. The molecule has 3 aromatic heterocycles. The highest BCUT2D eigenvalue weighted by Crippen LogP contribution is 2.12. The number of thiazole rings is 1. The number of nitrogens with one attached hydrogen (secondary N) is 1. The Morgan fingerprint density at radius 3 is 1.88 bits per heavy atom. The van der Waals surface area contributed by atoms with E-state index in [0.29, 0.717) is 17.8 Å². The van der Waals surface area contributed by atoms with Crippen LogP contribution in [0.2, 0.25) is 0 Å². The Hall–Kier alpha value is -2.01. The van der Waals surface area contributed by atoms with E-state index in [1.807, 2.05) is 42.3 Å². The van der Waals surface area contributed by atoms with Gasteiger partial charge in [-0.05, 0) is 35.4 Å². The number of aromatic amines is 1. The molecule has 0 amide bonds. The second kappa shape index (κ2) is 11.5. The van der Waals surface area contributed by atoms with Crippen LogP contribution in [0.4, 0.5) is 0 Å². The van der Waals surface area contributed by atoms with Gasteiger partial charge < -0.3 is 0 Å². The topological polar surface area (TPSA) is 54.5 Å². The van der Waals surface area contributed by atoms with Crippen molar-refractivity contribution in [1.82, 2.24) is 20.2 Å². The summed E-state index contributed by atoms with van der Waals surface area (Å²) in [6, 6.07) is 6.00. The van der Waals surface area contributed by atoms with Gasteiger partial charge in [-0.2, -0.15) is 5.10 Å². The summed E-state index contributed by atoms with van der Waals surface area (Å²) in [6.45, 7) is 12.9. The summed E-state index contributed by atoms with van der Waals surface area (Å²) in [5.74, 6) is 1.72. The Kier molecular flexibility index (Phi) is 9.70. The van der Waals surface area contributed by atoms with Crippen molar-refractivity contribution in [3.8, 4) is 0 Å². The van der Waals surface area contributed by atoms with Gasteiger partial charge in [0.1, 0.15) is 0 Å². The van der Waals surface area contributed by atoms with Gasteiger partial charge in [0.2, 0.25) is 0 Å². The number of hydrogen-bond donors (Lipinski definition) is 1. The van der Waals surface area contributed by atoms with E-state index in [-0.39, 0.29) is 0 Å². The summed E-state index contributed by atoms with van der Waals surface area (Å²) < 4.78 is 0. The maximum absolute atomic E-state index is 4.18. The normalized spacial score (nSPS) is 10.3. The molecule has 0 spiro atoms. The van der Waals surface area contributed by atoms with Crippen LogP contribution in [0.3, 0.4) is 0 Å². The Labute approximate surface area is 155 Å². The monoisotopic (exact) mass is 358 g/mol. The zero-order chi connectivity index (χ0) is 18.7. The minimum atomic E-state index is 0.547. The molecule has 1 N–H and O–H groups in total. The number of H-pyrrole nitrogens is 1. The van der Waals surface area contributed by atoms with Gasteiger partial charge in [-0.15, -0.1) is 11.3 Å². The van der Waals surface area contributed by atoms with Crippen molar-refractivity contribution in [2.75, 3.05) is 0 Å². The molecule has 3 heterocycles. The first-order valence-corrected chi connectivity index (χ1v) is 9.63. The van der Waals surface area contributed by atoms with Gasteiger partial charge >= 0.3 is 0 Å². The van der Waals surface area contributed by atoms with E-state index < -0.39 is 0 Å². The number of rotatable bonds is 3. The molecule has 136 valence electrons. The summed E-state index contributed by atoms with van der Waals surface area (Å²) >= 11 is 1.66. The van der Waals surface area contributed by atoms with Crippen molar-refractivity contribution in [1.29, 1.82) is 0 Å². The molecule has 0 aromatic carbocycles. The molecule has 0 aliphatic rings. The summed E-state index contributed by atoms with van der Waals surface area (Å²) in [6.07, 6.45) is 5.60. The first kappa shape index (κ1) is 21.0. The predicted molar refractivity (Wildman–Crippen MR) is 107 cm³/mol. The average molecular weight is 359 g/mol. The minimum Gasteiger partial charge on any atom is -0.285 e. The molecule has 0 aliphatic heterocycles. The van der Waals surface area contributed by atoms with Crippen molar-refractivity contribution in [3.63, 3.8) is 0 Å². The van der Waals surface area contributed by atoms with Gasteiger partial charge in [0, 0.05) is 23.5 Å². The van der Waals surface area contributed by atoms with Crippen LogP contribution >= 0.6 is 11.3 Å². The summed E-state index contributed by atoms with van der Waals surface area (Å²) in [4.78, 5) is 8.31. The van der Waals surface area contributed by atoms with Crippen molar-refractivity contribution in [3.05, 3.63) is 64.6 Å². The predicted octanol–water partition coefficient (Wildman–Crippen LogP) is 6.00. The lowest BCUT2D eigenvalue weighted by molar-refractivity contribution is 0.823. The van der Waals surface area contributed by atoms with Crippen molar-refractivity contribution >= 4 is 11.3 Å². The van der Waals surface area contributed by atoms with Crippen LogP contribution in [0.5, 0.6) is 0 Å². The van der Waals surface area contributed by atoms with Crippen LogP contribution in [0.25, 0.3) is 0 Å². The highest BCUT2D eigenvalue weighted by atomic mass is 32.1. The third-order valence-electron chi connectivity index (χ3n) is 3.51. The van der Waals surface area contributed by atoms with E-state index in [0.717, 1.165) is 5.69 Å². The second-order valence-electron chi connectivity index (χ2n) is 6.66. The maximum atomic E-state index is 4.18. The second-order valence-corrected chi connectivity index (χ2v) is 7.38. The molecule has 3 rings (SSSR count).